The molecule has 34 valence electrons. The summed E-state index contributed by atoms with van der Waals surface area (Å²) in [5.41, 5.74) is 0. The molecule has 0 saturated heterocycles. The molecule has 0 aromatic heterocycles. The van der Waals surface area contributed by atoms with E-state index >= 15 is 0 Å². The second-order valence-corrected chi connectivity index (χ2v) is 32.7. The first kappa shape index (κ1) is 7.30. The van der Waals surface area contributed by atoms with E-state index in [1.54, 1.807) is 0 Å². The number of halogens is 3. The average Bonchev–Trinajstić information content (AvgIpc) is 0.722. The van der Waals surface area contributed by atoms with Gasteiger partial charge in [-0.3, -0.25) is 0 Å². The molecule has 0 spiro atoms. The van der Waals surface area contributed by atoms with Crippen LogP contribution < -0.4 is 0 Å². The topological polar surface area (TPSA) is 0 Å². The van der Waals surface area contributed by atoms with E-state index in [1.165, 1.54) is 0 Å². The van der Waals surface area contributed by atoms with Crippen molar-refractivity contribution >= 4 is 58.5 Å². The Hall–Kier alpha value is 2.30. The summed E-state index contributed by atoms with van der Waals surface area (Å²) in [6.45, 7) is 0. The van der Waals surface area contributed by atoms with Gasteiger partial charge in [-0.1, -0.05) is 0 Å². The van der Waals surface area contributed by atoms with Crippen molar-refractivity contribution < 1.29 is 0 Å². The molecule has 1 atom stereocenters. The normalized spacial score (nSPS) is 15.2. The van der Waals surface area contributed by atoms with Crippen molar-refractivity contribution in [2.45, 2.75) is 0 Å². The van der Waals surface area contributed by atoms with E-state index < -0.39 is 3.06 Å². The molecule has 0 aliphatic heterocycles. The van der Waals surface area contributed by atoms with Gasteiger partial charge in [0.15, 0.2) is 0 Å². The first-order valence-electron chi connectivity index (χ1n) is 0.856. The van der Waals surface area contributed by atoms with Gasteiger partial charge in [0, 0.05) is 0 Å². The van der Waals surface area contributed by atoms with Crippen LogP contribution in [0, 0.1) is 0 Å². The maximum absolute atomic E-state index is 3.31. The van der Waals surface area contributed by atoms with Crippen LogP contribution in [0.2, 0.25) is 0 Å². The van der Waals surface area contributed by atoms with E-state index in [0.717, 1.165) is 0 Å². The molecule has 0 aliphatic rings. The molecule has 0 aromatic carbocycles. The van der Waals surface area contributed by atoms with Crippen molar-refractivity contribution in [3.63, 3.8) is 0 Å². The van der Waals surface area contributed by atoms with E-state index in [0.29, 0.717) is 0 Å². The van der Waals surface area contributed by atoms with Crippen LogP contribution >= 0.6 is 58.5 Å². The van der Waals surface area contributed by atoms with Crippen LogP contribution in [0.15, 0.2) is 0 Å². The van der Waals surface area contributed by atoms with Crippen molar-refractivity contribution in [2.24, 2.45) is 0 Å². The van der Waals surface area contributed by atoms with Crippen LogP contribution in [-0.2, 0) is 0 Å². The zero-order valence-corrected chi connectivity index (χ0v) is 9.12. The molecular weight excluding hydrogens is 302 g/mol. The van der Waals surface area contributed by atoms with Crippen LogP contribution in [0.25, 0.3) is 0 Å². The summed E-state index contributed by atoms with van der Waals surface area (Å²) in [6.07, 6.45) is 0. The zero-order chi connectivity index (χ0) is 4.50. The third-order valence-electron chi connectivity index (χ3n) is 0. The summed E-state index contributed by atoms with van der Waals surface area (Å²) < 4.78 is -1.26. The Labute approximate surface area is 58.1 Å². The Balaban J connectivity index is 3.02. The molecule has 0 fully saturated rings. The molecule has 5 heteroatoms. The fourth-order valence-electron chi connectivity index (χ4n) is 0. The van der Waals surface area contributed by atoms with Gasteiger partial charge < -0.3 is 0 Å². The summed E-state index contributed by atoms with van der Waals surface area (Å²) in [4.78, 5) is 0. The van der Waals surface area contributed by atoms with E-state index in [4.69, 9.17) is 0 Å². The summed E-state index contributed by atoms with van der Waals surface area (Å²) in [5.74, 6) is 0. The van der Waals surface area contributed by atoms with E-state index in [-0.39, 0.29) is 0 Å². The molecule has 0 rings (SSSR count). The van der Waals surface area contributed by atoms with Gasteiger partial charge in [0.25, 0.3) is 0 Å². The molecule has 1 unspecified atom stereocenters. The van der Waals surface area contributed by atoms with Gasteiger partial charge >= 0.3 is 58.5 Å². The molecule has 0 amide bonds. The second-order valence-electron chi connectivity index (χ2n) is 0.542. The number of hydrogen-bond donors (Lipinski definition) is 0. The van der Waals surface area contributed by atoms with Crippen LogP contribution in [0.4, 0.5) is 0 Å². The summed E-state index contributed by atoms with van der Waals surface area (Å²) in [6, 6.07) is 0. The molecular formula is H3Br3P2. The summed E-state index contributed by atoms with van der Waals surface area (Å²) in [5, 5.41) is 0. The third-order valence-corrected chi connectivity index (χ3v) is 0. The fourth-order valence-corrected chi connectivity index (χ4v) is 0. The van der Waals surface area contributed by atoms with Gasteiger partial charge in [-0.2, -0.15) is 0 Å². The molecule has 0 aliphatic carbocycles. The molecule has 0 radical (unpaired) electrons. The average molecular weight is 305 g/mol. The van der Waals surface area contributed by atoms with Gasteiger partial charge in [0.1, 0.15) is 0 Å². The molecule has 0 N–H and O–H groups in total. The van der Waals surface area contributed by atoms with Crippen molar-refractivity contribution in [2.75, 3.05) is 0 Å². The van der Waals surface area contributed by atoms with Crippen LogP contribution in [0.5, 0.6) is 0 Å². The fraction of sp³-hybridized carbons (Fsp3) is 0. The van der Waals surface area contributed by atoms with Crippen molar-refractivity contribution in [3.05, 3.63) is 0 Å². The van der Waals surface area contributed by atoms with Crippen molar-refractivity contribution in [1.82, 2.24) is 0 Å². The first-order valence-corrected chi connectivity index (χ1v) is 11.4. The Morgan fingerprint density at radius 1 is 1.20 bits per heavy atom. The van der Waals surface area contributed by atoms with Crippen molar-refractivity contribution in [1.29, 1.82) is 0 Å². The van der Waals surface area contributed by atoms with Crippen LogP contribution in [0.1, 0.15) is 0 Å². The molecule has 5 heavy (non-hydrogen) atoms. The summed E-state index contributed by atoms with van der Waals surface area (Å²) >= 11 is 9.93. The van der Waals surface area contributed by atoms with Crippen LogP contribution in [0.3, 0.4) is 0 Å². The van der Waals surface area contributed by atoms with Crippen molar-refractivity contribution in [3.8, 4) is 0 Å². The molecule has 0 aromatic rings. The molecule has 0 heterocycles. The van der Waals surface area contributed by atoms with E-state index in [9.17, 15) is 0 Å². The number of rotatable bonds is 0. The van der Waals surface area contributed by atoms with Gasteiger partial charge in [-0.15, -0.1) is 0 Å². The Morgan fingerprint density at radius 2 is 1.20 bits per heavy atom. The molecule has 0 nitrogen and oxygen atoms in total. The molecule has 0 saturated carbocycles. The van der Waals surface area contributed by atoms with E-state index in [1.807, 2.05) is 0 Å². The standard InChI is InChI=1S/Br3H3P2/c1-5(2,3)4/h5H,4H2. The van der Waals surface area contributed by atoms with E-state index in [2.05, 4.69) is 55.4 Å². The monoisotopic (exact) mass is 302 g/mol. The van der Waals surface area contributed by atoms with Gasteiger partial charge in [0.05, 0.1) is 0 Å². The minimum atomic E-state index is -1.26. The predicted octanol–water partition coefficient (Wildman–Crippen LogP) is 3.46. The van der Waals surface area contributed by atoms with Gasteiger partial charge in [-0.05, 0) is 0 Å². The Kier molecular flexibility index (Phi) is 3.75. The SMILES string of the molecule is P[PH](Br)(Br)Br. The predicted molar refractivity (Wildman–Crippen MR) is 44.8 cm³/mol. The third kappa shape index (κ3) is 22.0. The second kappa shape index (κ2) is 2.57. The Bertz CT molecular complexity index is 20.4. The quantitative estimate of drug-likeness (QED) is 0.601. The zero-order valence-electron chi connectivity index (χ0n) is 2.21. The molecule has 0 bridgehead atoms. The number of hydrogen-bond acceptors (Lipinski definition) is 0. The van der Waals surface area contributed by atoms with Gasteiger partial charge in [-0.25, -0.2) is 0 Å². The summed E-state index contributed by atoms with van der Waals surface area (Å²) in [7, 11) is 2.60. The van der Waals surface area contributed by atoms with Gasteiger partial charge in [0.2, 0.25) is 0 Å². The minimum absolute atomic E-state index is 1.26. The van der Waals surface area contributed by atoms with Crippen LogP contribution in [-0.4, -0.2) is 0 Å². The first-order chi connectivity index (χ1) is 2.00. The Morgan fingerprint density at radius 3 is 1.20 bits per heavy atom. The maximum atomic E-state index is 3.31.